The Morgan fingerprint density at radius 1 is 0.667 bits per heavy atom. The van der Waals surface area contributed by atoms with Gasteiger partial charge in [0.05, 0.1) is 52.9 Å². The first-order chi connectivity index (χ1) is 18.3. The van der Waals surface area contributed by atoms with Crippen LogP contribution < -0.4 is 10.2 Å². The molecule has 14 nitrogen and oxygen atoms in total. The molecule has 1 amide bonds. The highest BCUT2D eigenvalue weighted by molar-refractivity contribution is 5.88. The Labute approximate surface area is 230 Å². The predicted molar refractivity (Wildman–Crippen MR) is 143 cm³/mol. The third-order valence-electron chi connectivity index (χ3n) is 6.62. The third-order valence-corrected chi connectivity index (χ3v) is 6.62. The van der Waals surface area contributed by atoms with Gasteiger partial charge in [-0.25, -0.2) is 0 Å². The second kappa shape index (κ2) is 18.6. The lowest BCUT2D eigenvalue weighted by molar-refractivity contribution is -0.858. The number of carboxylic acid groups (broad SMARTS) is 3. The highest BCUT2D eigenvalue weighted by atomic mass is 16.4. The molecule has 1 rings (SSSR count). The zero-order chi connectivity index (χ0) is 29.4. The molecule has 0 aliphatic carbocycles. The van der Waals surface area contributed by atoms with E-state index in [1.54, 1.807) is 14.7 Å². The van der Waals surface area contributed by atoms with E-state index in [2.05, 4.69) is 19.4 Å². The van der Waals surface area contributed by atoms with Crippen LogP contribution >= 0.6 is 0 Å². The maximum Gasteiger partial charge on any atom is 0.317 e. The Hall–Kier alpha value is -2.65. The summed E-state index contributed by atoms with van der Waals surface area (Å²) in [5, 5.41) is 30.8. The minimum Gasteiger partial charge on any atom is -0.480 e. The zero-order valence-corrected chi connectivity index (χ0v) is 23.6. The molecule has 5 N–H and O–H groups in total. The first-order valence-electron chi connectivity index (χ1n) is 13.5. The summed E-state index contributed by atoms with van der Waals surface area (Å²) in [6.07, 6.45) is 2.31. The van der Waals surface area contributed by atoms with E-state index in [0.29, 0.717) is 58.8 Å². The van der Waals surface area contributed by atoms with Crippen molar-refractivity contribution in [3.8, 4) is 0 Å². The van der Waals surface area contributed by atoms with Crippen LogP contribution in [-0.4, -0.2) is 170 Å². The molecule has 1 saturated heterocycles. The topological polar surface area (TPSA) is 175 Å². The molecule has 1 fully saturated rings. The molecule has 14 heteroatoms. The van der Waals surface area contributed by atoms with Crippen molar-refractivity contribution in [2.75, 3.05) is 99.2 Å². The van der Waals surface area contributed by atoms with E-state index in [9.17, 15) is 39.3 Å². The lowest BCUT2D eigenvalue weighted by Gasteiger charge is -2.33. The first-order valence-corrected chi connectivity index (χ1v) is 13.5. The molecule has 0 spiro atoms. The molecule has 0 radical (unpaired) electrons. The van der Waals surface area contributed by atoms with Gasteiger partial charge in [0, 0.05) is 52.4 Å². The molecular formula is C25H47N6O8+. The Bertz CT molecular complexity index is 779. The Morgan fingerprint density at radius 3 is 1.33 bits per heavy atom. The van der Waals surface area contributed by atoms with Gasteiger partial charge in [0.1, 0.15) is 0 Å². The van der Waals surface area contributed by atoms with Crippen LogP contribution in [-0.2, 0) is 24.0 Å². The fraction of sp³-hybridized carbons (Fsp3) is 0.800. The number of hydrogen-bond acceptors (Lipinski definition) is 9. The molecule has 0 aromatic heterocycles. The fourth-order valence-corrected chi connectivity index (χ4v) is 4.43. The molecule has 0 unspecified atom stereocenters. The molecular weight excluding hydrogens is 512 g/mol. The number of carbonyl (C=O) groups is 5. The van der Waals surface area contributed by atoms with E-state index >= 15 is 0 Å². The van der Waals surface area contributed by atoms with Gasteiger partial charge in [-0.3, -0.25) is 43.6 Å². The maximum atomic E-state index is 12.9. The van der Waals surface area contributed by atoms with Gasteiger partial charge >= 0.3 is 17.9 Å². The van der Waals surface area contributed by atoms with Gasteiger partial charge in [0.15, 0.2) is 5.78 Å². The van der Waals surface area contributed by atoms with E-state index in [0.717, 1.165) is 19.4 Å². The number of carboxylic acids is 3. The first kappa shape index (κ1) is 34.4. The summed E-state index contributed by atoms with van der Waals surface area (Å²) in [6, 6.07) is -0.575. The van der Waals surface area contributed by atoms with Crippen LogP contribution in [0.15, 0.2) is 0 Å². The van der Waals surface area contributed by atoms with Gasteiger partial charge in [-0.1, -0.05) is 0 Å². The summed E-state index contributed by atoms with van der Waals surface area (Å²) in [6.45, 7) is 4.27. The molecule has 224 valence electrons. The van der Waals surface area contributed by atoms with Crippen molar-refractivity contribution < 1.29 is 44.2 Å². The Balaban J connectivity index is 2.92. The fourth-order valence-electron chi connectivity index (χ4n) is 4.43. The quantitative estimate of drug-likeness (QED) is 0.128. The van der Waals surface area contributed by atoms with Crippen molar-refractivity contribution in [1.82, 2.24) is 24.9 Å². The largest absolute Gasteiger partial charge is 0.480 e. The summed E-state index contributed by atoms with van der Waals surface area (Å²) in [5.74, 6) is -3.47. The molecule has 0 bridgehead atoms. The number of ketones is 1. The minimum atomic E-state index is -1.02. The van der Waals surface area contributed by atoms with Crippen LogP contribution in [0.1, 0.15) is 26.2 Å². The number of carbonyl (C=O) groups excluding carboxylic acids is 2. The number of Topliss-reactive ketones (excluding diaryl/α,β-unsaturated/α-hetero) is 1. The summed E-state index contributed by atoms with van der Waals surface area (Å²) < 4.78 is 0. The molecule has 0 aromatic rings. The van der Waals surface area contributed by atoms with Crippen molar-refractivity contribution in [2.24, 2.45) is 0 Å². The van der Waals surface area contributed by atoms with E-state index in [4.69, 9.17) is 0 Å². The van der Waals surface area contributed by atoms with Gasteiger partial charge < -0.3 is 25.5 Å². The second-order valence-corrected chi connectivity index (χ2v) is 10.5. The zero-order valence-electron chi connectivity index (χ0n) is 23.6. The Kier molecular flexibility index (Phi) is 16.4. The SMILES string of the molecule is CC(=O)[C@H](CCCC[NH+](C)C)NC(=O)CN1CCN(CC(=O)O)CCN(CC(=O)O)CCN(CC(=O)O)CC1. The number of unbranched alkanes of at least 4 members (excludes halogenated alkanes) is 1. The van der Waals surface area contributed by atoms with Crippen LogP contribution in [0.5, 0.6) is 0 Å². The number of hydrogen-bond donors (Lipinski definition) is 5. The van der Waals surface area contributed by atoms with Crippen molar-refractivity contribution in [3.63, 3.8) is 0 Å². The average Bonchev–Trinajstić information content (AvgIpc) is 2.81. The molecule has 1 aliphatic rings. The van der Waals surface area contributed by atoms with Gasteiger partial charge in [0.25, 0.3) is 0 Å². The van der Waals surface area contributed by atoms with Crippen molar-refractivity contribution >= 4 is 29.6 Å². The standard InChI is InChI=1S/C25H46N6O8/c1-20(32)21(6-4-5-7-27(2)3)26-22(33)16-28-8-10-29(17-23(34)35)12-14-31(19-25(38)39)15-13-30(11-9-28)18-24(36)37/h21H,4-19H2,1-3H3,(H,26,33)(H,34,35)(H,36,37)(H,38,39)/p+1/t21-/m0/s1. The third kappa shape index (κ3) is 16.8. The van der Waals surface area contributed by atoms with E-state index < -0.39 is 23.9 Å². The summed E-state index contributed by atoms with van der Waals surface area (Å²) >= 11 is 0. The van der Waals surface area contributed by atoms with Gasteiger partial charge in [-0.15, -0.1) is 0 Å². The number of rotatable bonds is 15. The van der Waals surface area contributed by atoms with Crippen molar-refractivity contribution in [3.05, 3.63) is 0 Å². The minimum absolute atomic E-state index is 0.0153. The van der Waals surface area contributed by atoms with Crippen molar-refractivity contribution in [1.29, 1.82) is 0 Å². The van der Waals surface area contributed by atoms with Crippen LogP contribution in [0.25, 0.3) is 0 Å². The van der Waals surface area contributed by atoms with E-state index in [-0.39, 0.29) is 37.9 Å². The van der Waals surface area contributed by atoms with Crippen molar-refractivity contribution in [2.45, 2.75) is 32.2 Å². The number of nitrogens with zero attached hydrogens (tertiary/aromatic N) is 4. The summed E-state index contributed by atoms with van der Waals surface area (Å²) in [7, 11) is 4.12. The van der Waals surface area contributed by atoms with Crippen LogP contribution in [0, 0.1) is 0 Å². The lowest BCUT2D eigenvalue weighted by Crippen LogP contribution is -3.05. The Morgan fingerprint density at radius 2 is 1.03 bits per heavy atom. The summed E-state index contributed by atoms with van der Waals surface area (Å²) in [4.78, 5) is 67.4. The molecule has 1 heterocycles. The molecule has 39 heavy (non-hydrogen) atoms. The number of nitrogens with one attached hydrogen (secondary N) is 2. The number of aliphatic carboxylic acids is 3. The van der Waals surface area contributed by atoms with E-state index in [1.807, 2.05) is 4.90 Å². The van der Waals surface area contributed by atoms with Crippen LogP contribution in [0.2, 0.25) is 0 Å². The van der Waals surface area contributed by atoms with Crippen LogP contribution in [0.3, 0.4) is 0 Å². The smallest absolute Gasteiger partial charge is 0.317 e. The summed E-state index contributed by atoms with van der Waals surface area (Å²) in [5.41, 5.74) is 0. The molecule has 0 aromatic carbocycles. The van der Waals surface area contributed by atoms with Gasteiger partial charge in [0.2, 0.25) is 5.91 Å². The highest BCUT2D eigenvalue weighted by Gasteiger charge is 2.23. The predicted octanol–water partition coefficient (Wildman–Crippen LogP) is -3.15. The maximum absolute atomic E-state index is 12.9. The van der Waals surface area contributed by atoms with Crippen LogP contribution in [0.4, 0.5) is 0 Å². The second-order valence-electron chi connectivity index (χ2n) is 10.5. The molecule has 1 aliphatic heterocycles. The highest BCUT2D eigenvalue weighted by Crippen LogP contribution is 2.04. The molecule has 1 atom stereocenters. The normalized spacial score (nSPS) is 18.2. The van der Waals surface area contributed by atoms with E-state index in [1.165, 1.54) is 11.8 Å². The van der Waals surface area contributed by atoms with Gasteiger partial charge in [-0.2, -0.15) is 0 Å². The lowest BCUT2D eigenvalue weighted by atomic mass is 10.1. The van der Waals surface area contributed by atoms with Gasteiger partial charge in [-0.05, 0) is 26.2 Å². The number of amides is 1. The average molecular weight is 560 g/mol. The molecule has 0 saturated carbocycles. The monoisotopic (exact) mass is 559 g/mol. The number of quaternary nitrogens is 1.